The smallest absolute Gasteiger partial charge is 0.303 e. The van der Waals surface area contributed by atoms with Crippen molar-refractivity contribution in [1.82, 2.24) is 0 Å². The zero-order chi connectivity index (χ0) is 11.8. The quantitative estimate of drug-likeness (QED) is 0.580. The summed E-state index contributed by atoms with van der Waals surface area (Å²) < 4.78 is 62.7. The van der Waals surface area contributed by atoms with Crippen LogP contribution in [0.4, 0.5) is 17.6 Å². The standard InChI is InChI=1S/C5H9F4O4P/c1-4(2,13-14(10,11)12)5(8,9)3(6)7/h3H,1-2H3,(H2,10,11,12). The molecule has 0 amide bonds. The third-order valence-electron chi connectivity index (χ3n) is 1.42. The van der Waals surface area contributed by atoms with Crippen LogP contribution >= 0.6 is 7.82 Å². The summed E-state index contributed by atoms with van der Waals surface area (Å²) in [4.78, 5) is 16.4. The first-order valence-electron chi connectivity index (χ1n) is 3.32. The molecule has 0 aliphatic rings. The highest BCUT2D eigenvalue weighted by Crippen LogP contribution is 2.48. The topological polar surface area (TPSA) is 66.8 Å². The predicted molar refractivity (Wildman–Crippen MR) is 38.2 cm³/mol. The molecule has 0 fully saturated rings. The van der Waals surface area contributed by atoms with Gasteiger partial charge < -0.3 is 9.79 Å². The van der Waals surface area contributed by atoms with Crippen molar-refractivity contribution in [2.75, 3.05) is 0 Å². The summed E-state index contributed by atoms with van der Waals surface area (Å²) in [5, 5.41) is 0. The Morgan fingerprint density at radius 1 is 1.29 bits per heavy atom. The van der Waals surface area contributed by atoms with Crippen LogP contribution in [0.25, 0.3) is 0 Å². The van der Waals surface area contributed by atoms with E-state index in [2.05, 4.69) is 4.52 Å². The minimum absolute atomic E-state index is 0.470. The molecule has 86 valence electrons. The van der Waals surface area contributed by atoms with E-state index >= 15 is 0 Å². The third kappa shape index (κ3) is 3.20. The molecule has 0 spiro atoms. The molecule has 0 unspecified atom stereocenters. The number of rotatable bonds is 4. The Labute approximate surface area is 77.1 Å². The maximum Gasteiger partial charge on any atom is 0.470 e. The number of alkyl halides is 4. The molecule has 14 heavy (non-hydrogen) atoms. The number of phosphoric ester groups is 1. The molecule has 2 N–H and O–H groups in total. The van der Waals surface area contributed by atoms with E-state index in [1.54, 1.807) is 0 Å². The van der Waals surface area contributed by atoms with Crippen molar-refractivity contribution in [2.24, 2.45) is 0 Å². The molecule has 0 aliphatic carbocycles. The monoisotopic (exact) mass is 240 g/mol. The van der Waals surface area contributed by atoms with Gasteiger partial charge in [-0.25, -0.2) is 13.3 Å². The minimum atomic E-state index is -5.24. The summed E-state index contributed by atoms with van der Waals surface area (Å²) in [6.45, 7) is 0.941. The first-order chi connectivity index (χ1) is 5.90. The van der Waals surface area contributed by atoms with E-state index in [0.717, 1.165) is 0 Å². The number of hydrogen-bond donors (Lipinski definition) is 2. The zero-order valence-corrected chi connectivity index (χ0v) is 8.14. The molecular formula is C5H9F4O4P. The molecule has 4 nitrogen and oxygen atoms in total. The van der Waals surface area contributed by atoms with Gasteiger partial charge in [0, 0.05) is 0 Å². The van der Waals surface area contributed by atoms with Gasteiger partial charge in [-0.15, -0.1) is 0 Å². The van der Waals surface area contributed by atoms with Crippen LogP contribution in [0.3, 0.4) is 0 Å². The molecule has 0 aromatic carbocycles. The van der Waals surface area contributed by atoms with Crippen LogP contribution in [0.2, 0.25) is 0 Å². The Hall–Kier alpha value is -0.170. The van der Waals surface area contributed by atoms with E-state index in [0.29, 0.717) is 13.8 Å². The van der Waals surface area contributed by atoms with Crippen molar-refractivity contribution in [3.05, 3.63) is 0 Å². The molecular weight excluding hydrogens is 231 g/mol. The molecule has 0 rings (SSSR count). The van der Waals surface area contributed by atoms with Crippen LogP contribution in [0.15, 0.2) is 0 Å². The first kappa shape index (κ1) is 13.8. The second kappa shape index (κ2) is 3.77. The summed E-state index contributed by atoms with van der Waals surface area (Å²) in [6, 6.07) is 0. The molecule has 0 aromatic rings. The lowest BCUT2D eigenvalue weighted by Crippen LogP contribution is -2.49. The molecule has 0 heterocycles. The van der Waals surface area contributed by atoms with E-state index in [-0.39, 0.29) is 0 Å². The first-order valence-corrected chi connectivity index (χ1v) is 4.85. The van der Waals surface area contributed by atoms with Crippen LogP contribution in [-0.2, 0) is 9.09 Å². The normalized spacial score (nSPS) is 14.9. The summed E-state index contributed by atoms with van der Waals surface area (Å²) in [5.74, 6) is -4.64. The largest absolute Gasteiger partial charge is 0.470 e. The fourth-order valence-corrected chi connectivity index (χ4v) is 1.34. The Kier molecular flexibility index (Phi) is 3.72. The Morgan fingerprint density at radius 3 is 1.86 bits per heavy atom. The van der Waals surface area contributed by atoms with Gasteiger partial charge in [-0.1, -0.05) is 0 Å². The van der Waals surface area contributed by atoms with Crippen LogP contribution in [0, 0.1) is 0 Å². The Balaban J connectivity index is 4.87. The highest BCUT2D eigenvalue weighted by molar-refractivity contribution is 7.46. The van der Waals surface area contributed by atoms with Gasteiger partial charge in [-0.05, 0) is 13.8 Å². The van der Waals surface area contributed by atoms with Gasteiger partial charge in [-0.3, -0.25) is 4.52 Å². The number of hydrogen-bond acceptors (Lipinski definition) is 2. The second-order valence-electron chi connectivity index (χ2n) is 3.02. The van der Waals surface area contributed by atoms with E-state index < -0.39 is 25.8 Å². The molecule has 0 atom stereocenters. The Morgan fingerprint density at radius 2 is 1.64 bits per heavy atom. The van der Waals surface area contributed by atoms with Gasteiger partial charge in [0.15, 0.2) is 0 Å². The summed E-state index contributed by atoms with van der Waals surface area (Å²) in [7, 11) is -5.24. The van der Waals surface area contributed by atoms with Gasteiger partial charge in [0.2, 0.25) is 0 Å². The van der Waals surface area contributed by atoms with E-state index in [9.17, 15) is 22.1 Å². The molecule has 0 saturated heterocycles. The van der Waals surface area contributed by atoms with Crippen molar-refractivity contribution >= 4 is 7.82 Å². The van der Waals surface area contributed by atoms with Crippen molar-refractivity contribution < 1.29 is 36.4 Å². The second-order valence-corrected chi connectivity index (χ2v) is 4.18. The summed E-state index contributed by atoms with van der Waals surface area (Å²) in [6.07, 6.45) is -4.07. The third-order valence-corrected chi connectivity index (χ3v) is 2.12. The lowest BCUT2D eigenvalue weighted by atomic mass is 10.0. The van der Waals surface area contributed by atoms with Gasteiger partial charge in [0.1, 0.15) is 5.60 Å². The molecule has 0 aliphatic heterocycles. The lowest BCUT2D eigenvalue weighted by molar-refractivity contribution is -0.222. The fourth-order valence-electron chi connectivity index (χ4n) is 0.621. The number of halogens is 4. The van der Waals surface area contributed by atoms with Crippen molar-refractivity contribution in [1.29, 1.82) is 0 Å². The maximum atomic E-state index is 12.6. The van der Waals surface area contributed by atoms with Crippen LogP contribution in [0.1, 0.15) is 13.8 Å². The molecule has 9 heteroatoms. The Bertz CT molecular complexity index is 248. The molecule has 0 radical (unpaired) electrons. The molecule has 0 bridgehead atoms. The van der Waals surface area contributed by atoms with Gasteiger partial charge in [0.05, 0.1) is 0 Å². The van der Waals surface area contributed by atoms with E-state index in [1.165, 1.54) is 0 Å². The fraction of sp³-hybridized carbons (Fsp3) is 1.00. The van der Waals surface area contributed by atoms with Gasteiger partial charge >= 0.3 is 20.2 Å². The van der Waals surface area contributed by atoms with Gasteiger partial charge in [-0.2, -0.15) is 8.78 Å². The minimum Gasteiger partial charge on any atom is -0.303 e. The van der Waals surface area contributed by atoms with E-state index in [1.807, 2.05) is 0 Å². The van der Waals surface area contributed by atoms with Crippen LogP contribution in [-0.4, -0.2) is 27.7 Å². The summed E-state index contributed by atoms with van der Waals surface area (Å²) in [5.41, 5.74) is -2.94. The van der Waals surface area contributed by atoms with Crippen molar-refractivity contribution in [2.45, 2.75) is 31.8 Å². The highest BCUT2D eigenvalue weighted by atomic mass is 31.2. The SMILES string of the molecule is CC(C)(OP(=O)(O)O)C(F)(F)C(F)F. The highest BCUT2D eigenvalue weighted by Gasteiger charge is 2.57. The van der Waals surface area contributed by atoms with Crippen LogP contribution in [0.5, 0.6) is 0 Å². The van der Waals surface area contributed by atoms with E-state index in [4.69, 9.17) is 9.79 Å². The average molecular weight is 240 g/mol. The maximum absolute atomic E-state index is 12.6. The molecule has 0 saturated carbocycles. The predicted octanol–water partition coefficient (Wildman–Crippen LogP) is 1.77. The van der Waals surface area contributed by atoms with Crippen molar-refractivity contribution in [3.63, 3.8) is 0 Å². The van der Waals surface area contributed by atoms with Crippen molar-refractivity contribution in [3.8, 4) is 0 Å². The molecule has 0 aromatic heterocycles. The zero-order valence-electron chi connectivity index (χ0n) is 7.25. The average Bonchev–Trinajstić information content (AvgIpc) is 1.80. The van der Waals surface area contributed by atoms with Gasteiger partial charge in [0.25, 0.3) is 0 Å². The lowest BCUT2D eigenvalue weighted by Gasteiger charge is -2.32. The van der Waals surface area contributed by atoms with Crippen LogP contribution < -0.4 is 0 Å². The number of phosphoric acid groups is 1. The summed E-state index contributed by atoms with van der Waals surface area (Å²) >= 11 is 0.